The van der Waals surface area contributed by atoms with E-state index in [0.717, 1.165) is 45.1 Å². The number of esters is 2. The van der Waals surface area contributed by atoms with E-state index >= 15 is 0 Å². The van der Waals surface area contributed by atoms with Crippen LogP contribution >= 0.6 is 0 Å². The number of aliphatic hydroxyl groups excluding tert-OH is 3. The van der Waals surface area contributed by atoms with Gasteiger partial charge in [-0.2, -0.15) is 0 Å². The van der Waals surface area contributed by atoms with E-state index in [1.807, 2.05) is 0 Å². The third-order valence-electron chi connectivity index (χ3n) is 16.1. The average Bonchev–Trinajstić information content (AvgIpc) is 3.67. The molecule has 312 valence electrons. The van der Waals surface area contributed by atoms with Crippen LogP contribution in [0.5, 0.6) is 0 Å². The first kappa shape index (κ1) is 40.9. The van der Waals surface area contributed by atoms with Gasteiger partial charge in [0, 0.05) is 18.8 Å². The van der Waals surface area contributed by atoms with Gasteiger partial charge >= 0.3 is 11.9 Å². The molecule has 4 aliphatic carbocycles. The van der Waals surface area contributed by atoms with Crippen LogP contribution in [0.25, 0.3) is 0 Å². The number of benzene rings is 2. The van der Waals surface area contributed by atoms with Crippen molar-refractivity contribution >= 4 is 11.9 Å². The normalized spacial score (nSPS) is 40.4. The predicted octanol–water partition coefficient (Wildman–Crippen LogP) is 7.33. The van der Waals surface area contributed by atoms with E-state index in [4.69, 9.17) is 23.7 Å². The Kier molecular flexibility index (Phi) is 11.7. The van der Waals surface area contributed by atoms with Gasteiger partial charge in [-0.25, -0.2) is 9.59 Å². The van der Waals surface area contributed by atoms with Gasteiger partial charge in [-0.05, 0) is 128 Å². The first-order valence-electron chi connectivity index (χ1n) is 21.8. The topological polar surface area (TPSA) is 141 Å². The van der Waals surface area contributed by atoms with Crippen molar-refractivity contribution in [2.75, 3.05) is 13.2 Å². The summed E-state index contributed by atoms with van der Waals surface area (Å²) >= 11 is 0. The van der Waals surface area contributed by atoms with Crippen LogP contribution in [-0.2, 0) is 23.7 Å². The highest BCUT2D eigenvalue weighted by atomic mass is 16.7. The SMILES string of the molecule is CC1CCC2(OC1)OC1CC3C4CCC5CC(OC(O)C(O)C(OC(=O)c6ccccc6)C(O)CCOC(=O)c6ccccc6)CCC5(C)C4CCC3(C)C1C2C. The highest BCUT2D eigenvalue weighted by molar-refractivity contribution is 5.89. The Balaban J connectivity index is 0.891. The molecule has 2 saturated heterocycles. The van der Waals surface area contributed by atoms with Crippen LogP contribution in [-0.4, -0.2) is 83.1 Å². The fraction of sp³-hybridized carbons (Fsp3) is 0.702. The molecule has 10 nitrogen and oxygen atoms in total. The van der Waals surface area contributed by atoms with Crippen molar-refractivity contribution in [1.29, 1.82) is 0 Å². The number of hydrogen-bond acceptors (Lipinski definition) is 10. The molecule has 0 amide bonds. The summed E-state index contributed by atoms with van der Waals surface area (Å²) in [6.45, 7) is 10.4. The van der Waals surface area contributed by atoms with Gasteiger partial charge < -0.3 is 39.0 Å². The molecule has 0 aromatic heterocycles. The van der Waals surface area contributed by atoms with Crippen molar-refractivity contribution in [1.82, 2.24) is 0 Å². The zero-order valence-electron chi connectivity index (χ0n) is 34.2. The molecule has 6 aliphatic rings. The van der Waals surface area contributed by atoms with Crippen LogP contribution in [0.1, 0.15) is 119 Å². The number of ether oxygens (including phenoxy) is 5. The molecule has 0 bridgehead atoms. The summed E-state index contributed by atoms with van der Waals surface area (Å²) in [6.07, 6.45) is 3.99. The van der Waals surface area contributed by atoms with Gasteiger partial charge in [0.2, 0.25) is 0 Å². The molecular weight excluding hydrogens is 725 g/mol. The second-order valence-corrected chi connectivity index (χ2v) is 19.2. The van der Waals surface area contributed by atoms with Crippen LogP contribution in [0.15, 0.2) is 60.7 Å². The second kappa shape index (κ2) is 16.3. The maximum atomic E-state index is 13.1. The van der Waals surface area contributed by atoms with E-state index in [2.05, 4.69) is 27.7 Å². The molecule has 2 aliphatic heterocycles. The molecule has 4 saturated carbocycles. The van der Waals surface area contributed by atoms with E-state index < -0.39 is 42.3 Å². The Morgan fingerprint density at radius 1 is 0.807 bits per heavy atom. The number of fused-ring (bicyclic) bond motifs is 7. The Bertz CT molecular complexity index is 1700. The maximum Gasteiger partial charge on any atom is 0.338 e. The molecule has 57 heavy (non-hydrogen) atoms. The van der Waals surface area contributed by atoms with Crippen molar-refractivity contribution < 1.29 is 48.6 Å². The Hall–Kier alpha value is -2.86. The lowest BCUT2D eigenvalue weighted by molar-refractivity contribution is -0.273. The van der Waals surface area contributed by atoms with Crippen LogP contribution in [0, 0.1) is 52.3 Å². The molecule has 2 aromatic carbocycles. The van der Waals surface area contributed by atoms with Gasteiger partial charge in [-0.15, -0.1) is 0 Å². The fourth-order valence-electron chi connectivity index (χ4n) is 13.0. The lowest BCUT2D eigenvalue weighted by Crippen LogP contribution is -2.55. The zero-order valence-corrected chi connectivity index (χ0v) is 34.2. The van der Waals surface area contributed by atoms with E-state index in [1.54, 1.807) is 60.7 Å². The quantitative estimate of drug-likeness (QED) is 0.157. The van der Waals surface area contributed by atoms with Crippen molar-refractivity contribution in [2.24, 2.45) is 52.3 Å². The van der Waals surface area contributed by atoms with Crippen LogP contribution in [0.4, 0.5) is 0 Å². The maximum absolute atomic E-state index is 13.1. The smallest absolute Gasteiger partial charge is 0.338 e. The van der Waals surface area contributed by atoms with Crippen LogP contribution in [0.3, 0.4) is 0 Å². The van der Waals surface area contributed by atoms with Crippen molar-refractivity contribution in [3.8, 4) is 0 Å². The first-order valence-corrected chi connectivity index (χ1v) is 21.8. The monoisotopic (exact) mass is 788 g/mol. The summed E-state index contributed by atoms with van der Waals surface area (Å²) in [7, 11) is 0. The first-order chi connectivity index (χ1) is 27.3. The molecule has 2 heterocycles. The third kappa shape index (κ3) is 7.61. The van der Waals surface area contributed by atoms with Crippen molar-refractivity contribution in [3.05, 3.63) is 71.8 Å². The molecule has 16 unspecified atom stereocenters. The molecule has 1 spiro atoms. The molecule has 16 atom stereocenters. The predicted molar refractivity (Wildman–Crippen MR) is 212 cm³/mol. The van der Waals surface area contributed by atoms with E-state index in [9.17, 15) is 24.9 Å². The molecule has 3 N–H and O–H groups in total. The van der Waals surface area contributed by atoms with Gasteiger partial charge in [0.25, 0.3) is 0 Å². The lowest BCUT2D eigenvalue weighted by Gasteiger charge is -2.61. The highest BCUT2D eigenvalue weighted by Crippen LogP contribution is 2.71. The molecule has 6 fully saturated rings. The molecule has 0 radical (unpaired) electrons. The highest BCUT2D eigenvalue weighted by Gasteiger charge is 2.69. The van der Waals surface area contributed by atoms with E-state index in [-0.39, 0.29) is 41.6 Å². The second-order valence-electron chi connectivity index (χ2n) is 19.2. The summed E-state index contributed by atoms with van der Waals surface area (Å²) in [4.78, 5) is 25.6. The lowest BCUT2D eigenvalue weighted by atomic mass is 9.44. The molecule has 10 heteroatoms. The van der Waals surface area contributed by atoms with Gasteiger partial charge in [0.05, 0.1) is 42.7 Å². The molecule has 2 aromatic rings. The summed E-state index contributed by atoms with van der Waals surface area (Å²) in [5, 5.41) is 34.0. The van der Waals surface area contributed by atoms with Crippen molar-refractivity contribution in [3.63, 3.8) is 0 Å². The number of carbonyl (C=O) groups excluding carboxylic acids is 2. The largest absolute Gasteiger partial charge is 0.462 e. The Morgan fingerprint density at radius 3 is 2.18 bits per heavy atom. The summed E-state index contributed by atoms with van der Waals surface area (Å²) in [6, 6.07) is 16.8. The number of carbonyl (C=O) groups is 2. The molecular formula is C47H64O10. The molecule has 8 rings (SSSR count). The number of hydrogen-bond donors (Lipinski definition) is 3. The zero-order chi connectivity index (χ0) is 40.1. The van der Waals surface area contributed by atoms with Crippen molar-refractivity contribution in [2.45, 2.75) is 141 Å². The Labute approximate surface area is 337 Å². The number of aliphatic hydroxyl groups is 3. The summed E-state index contributed by atoms with van der Waals surface area (Å²) < 4.78 is 30.7. The minimum atomic E-state index is -1.74. The minimum absolute atomic E-state index is 0.137. The minimum Gasteiger partial charge on any atom is -0.462 e. The van der Waals surface area contributed by atoms with Gasteiger partial charge in [0.15, 0.2) is 18.2 Å². The average molecular weight is 789 g/mol. The standard InChI is InChI=1S/C47H64O10/c1-28-17-23-47(54-27-28)29(2)39-38(57-47)26-36-34-16-15-32-25-33(18-21-45(32,3)35(34)19-22-46(36,39)4)55-44(52)40(49)41(56-43(51)31-13-9-6-10-14-31)37(48)20-24-53-42(50)30-11-7-5-8-12-30/h5-14,28-29,32-41,44,48-49,52H,15-27H2,1-4H3. The fourth-order valence-corrected chi connectivity index (χ4v) is 13.0. The van der Waals surface area contributed by atoms with Gasteiger partial charge in [-0.3, -0.25) is 0 Å². The van der Waals surface area contributed by atoms with Crippen LogP contribution < -0.4 is 0 Å². The number of rotatable bonds is 11. The van der Waals surface area contributed by atoms with Crippen LogP contribution in [0.2, 0.25) is 0 Å². The van der Waals surface area contributed by atoms with E-state index in [1.165, 1.54) is 25.7 Å². The third-order valence-corrected chi connectivity index (χ3v) is 16.1. The summed E-state index contributed by atoms with van der Waals surface area (Å²) in [5.74, 6) is 2.22. The summed E-state index contributed by atoms with van der Waals surface area (Å²) in [5.41, 5.74) is 1.03. The van der Waals surface area contributed by atoms with E-state index in [0.29, 0.717) is 47.0 Å². The Morgan fingerprint density at radius 2 is 1.49 bits per heavy atom. The van der Waals surface area contributed by atoms with Gasteiger partial charge in [-0.1, -0.05) is 64.1 Å². The van der Waals surface area contributed by atoms with Gasteiger partial charge in [0.1, 0.15) is 6.10 Å².